The Bertz CT molecular complexity index is 2590. The number of hydrogen-bond donors (Lipinski definition) is 0. The Morgan fingerprint density at radius 3 is 1.26 bits per heavy atom. The van der Waals surface area contributed by atoms with Gasteiger partial charge in [0, 0.05) is 45.3 Å². The largest absolute Gasteiger partial charge is 0.344 e. The van der Waals surface area contributed by atoms with E-state index in [-0.39, 0.29) is 0 Å². The Labute approximate surface area is 370 Å². The maximum Gasteiger partial charge on any atom is 0.0541 e. The Morgan fingerprint density at radius 1 is 0.344 bits per heavy atom. The lowest BCUT2D eigenvalue weighted by Crippen LogP contribution is -1.94. The van der Waals surface area contributed by atoms with Gasteiger partial charge in [-0.15, -0.1) is 0 Å². The molecule has 2 heteroatoms. The molecule has 9 aromatic rings. The van der Waals surface area contributed by atoms with Crippen molar-refractivity contribution in [1.82, 2.24) is 9.13 Å². The summed E-state index contributed by atoms with van der Waals surface area (Å²) in [5.41, 5.74) is 15.7. The SMILES string of the molecule is CC.CC.CC.CC.CC.CC.CC.Cc1cccc(-n2c3ccccc3c3cc(-c4ccc5c(c4)c4ccccc4n5C)ccc32)c1.c1ccc2c(c1)Cc1ccccc1-2. The Kier molecular flexibility index (Phi) is 22.8. The van der Waals surface area contributed by atoms with E-state index in [4.69, 9.17) is 0 Å². The highest BCUT2D eigenvalue weighted by Gasteiger charge is 2.16. The van der Waals surface area contributed by atoms with Gasteiger partial charge in [0.2, 0.25) is 0 Å². The number of aromatic nitrogens is 2. The summed E-state index contributed by atoms with van der Waals surface area (Å²) in [6, 6.07) is 57.2. The van der Waals surface area contributed by atoms with Crippen LogP contribution in [0.25, 0.3) is 71.6 Å². The molecule has 2 aromatic heterocycles. The van der Waals surface area contributed by atoms with Gasteiger partial charge in [0.1, 0.15) is 0 Å². The van der Waals surface area contributed by atoms with Gasteiger partial charge in [-0.25, -0.2) is 0 Å². The molecule has 0 amide bonds. The fourth-order valence-electron chi connectivity index (χ4n) is 7.62. The van der Waals surface area contributed by atoms with E-state index in [1.807, 2.05) is 96.9 Å². The van der Waals surface area contributed by atoms with Crippen molar-refractivity contribution < 1.29 is 0 Å². The second kappa shape index (κ2) is 27.1. The zero-order valence-electron chi connectivity index (χ0n) is 40.6. The van der Waals surface area contributed by atoms with Crippen molar-refractivity contribution in [2.45, 2.75) is 110 Å². The molecule has 61 heavy (non-hydrogen) atoms. The Morgan fingerprint density at radius 2 is 0.738 bits per heavy atom. The molecule has 322 valence electrons. The first-order chi connectivity index (χ1) is 30.1. The van der Waals surface area contributed by atoms with Crippen LogP contribution in [0.4, 0.5) is 0 Å². The van der Waals surface area contributed by atoms with Gasteiger partial charge in [-0.2, -0.15) is 0 Å². The highest BCUT2D eigenvalue weighted by molar-refractivity contribution is 6.12. The summed E-state index contributed by atoms with van der Waals surface area (Å²) in [6.07, 6.45) is 1.10. The van der Waals surface area contributed by atoms with Crippen LogP contribution in [0, 0.1) is 6.92 Å². The van der Waals surface area contributed by atoms with E-state index in [1.54, 1.807) is 0 Å². The topological polar surface area (TPSA) is 9.86 Å². The second-order valence-corrected chi connectivity index (χ2v) is 12.7. The predicted octanol–water partition coefficient (Wildman–Crippen LogP) is 18.8. The third-order valence-electron chi connectivity index (χ3n) is 9.89. The number of fused-ring (bicyclic) bond motifs is 9. The van der Waals surface area contributed by atoms with Crippen molar-refractivity contribution in [3.05, 3.63) is 174 Å². The molecule has 0 aliphatic heterocycles. The van der Waals surface area contributed by atoms with Gasteiger partial charge >= 0.3 is 0 Å². The number of para-hydroxylation sites is 2. The minimum atomic E-state index is 1.10. The van der Waals surface area contributed by atoms with Gasteiger partial charge in [0.25, 0.3) is 0 Å². The molecule has 0 fully saturated rings. The van der Waals surface area contributed by atoms with E-state index >= 15 is 0 Å². The van der Waals surface area contributed by atoms with Crippen LogP contribution in [0.5, 0.6) is 0 Å². The standard InChI is InChI=1S/C32H24N2.C13H10.7C2H6/c1-21-8-7-9-24(18-21)34-31-13-6-4-11-26(31)28-20-23(15-17-32(28)34)22-14-16-30-27(19-22)25-10-3-5-12-29(25)33(30)2;1-3-7-12-10(5-1)9-11-6-2-4-8-13(11)12;7*1-2/h3-20H,1-2H3;1-8H,9H2;7*1-2H3. The molecule has 2 nitrogen and oxygen atoms in total. The molecule has 0 unspecified atom stereocenters. The van der Waals surface area contributed by atoms with Crippen molar-refractivity contribution in [2.75, 3.05) is 0 Å². The molecule has 2 heterocycles. The number of rotatable bonds is 2. The van der Waals surface area contributed by atoms with Crippen LogP contribution in [-0.2, 0) is 13.5 Å². The zero-order chi connectivity index (χ0) is 45.5. The number of benzene rings is 7. The predicted molar refractivity (Wildman–Crippen MR) is 279 cm³/mol. The first-order valence-electron chi connectivity index (χ1n) is 23.4. The first kappa shape index (κ1) is 51.3. The molecule has 0 atom stereocenters. The van der Waals surface area contributed by atoms with Gasteiger partial charge in [-0.05, 0) is 101 Å². The van der Waals surface area contributed by atoms with E-state index in [0.29, 0.717) is 0 Å². The Balaban J connectivity index is 0.000000395. The maximum absolute atomic E-state index is 2.38. The molecule has 1 aliphatic carbocycles. The second-order valence-electron chi connectivity index (χ2n) is 12.7. The number of aryl methyl sites for hydroxylation is 2. The molecule has 7 aromatic carbocycles. The van der Waals surface area contributed by atoms with Crippen LogP contribution >= 0.6 is 0 Å². The van der Waals surface area contributed by atoms with Crippen LogP contribution in [0.2, 0.25) is 0 Å². The number of hydrogen-bond acceptors (Lipinski definition) is 0. The van der Waals surface area contributed by atoms with Gasteiger partial charge in [-0.1, -0.05) is 206 Å². The lowest BCUT2D eigenvalue weighted by molar-refractivity contribution is 1.01. The van der Waals surface area contributed by atoms with Crippen molar-refractivity contribution in [3.63, 3.8) is 0 Å². The smallest absolute Gasteiger partial charge is 0.0541 e. The summed E-state index contributed by atoms with van der Waals surface area (Å²) in [6.45, 7) is 30.2. The van der Waals surface area contributed by atoms with Crippen LogP contribution < -0.4 is 0 Å². The van der Waals surface area contributed by atoms with Crippen molar-refractivity contribution in [2.24, 2.45) is 7.05 Å². The highest BCUT2D eigenvalue weighted by atomic mass is 15.0. The summed E-state index contributed by atoms with van der Waals surface area (Å²) < 4.78 is 4.67. The van der Waals surface area contributed by atoms with E-state index < -0.39 is 0 Å². The zero-order valence-corrected chi connectivity index (χ0v) is 40.6. The summed E-state index contributed by atoms with van der Waals surface area (Å²) in [7, 11) is 2.15. The molecular formula is C59H76N2. The lowest BCUT2D eigenvalue weighted by Gasteiger charge is -2.09. The van der Waals surface area contributed by atoms with Crippen molar-refractivity contribution >= 4 is 43.6 Å². The summed E-state index contributed by atoms with van der Waals surface area (Å²) in [5.74, 6) is 0. The average molecular weight is 813 g/mol. The molecule has 0 N–H and O–H groups in total. The van der Waals surface area contributed by atoms with Gasteiger partial charge in [0.05, 0.1) is 11.0 Å². The summed E-state index contributed by atoms with van der Waals surface area (Å²) in [4.78, 5) is 0. The fraction of sp³-hybridized carbons (Fsp3) is 0.288. The molecule has 0 radical (unpaired) electrons. The molecule has 0 saturated carbocycles. The molecule has 0 bridgehead atoms. The van der Waals surface area contributed by atoms with Crippen LogP contribution in [-0.4, -0.2) is 9.13 Å². The van der Waals surface area contributed by atoms with Crippen molar-refractivity contribution in [3.8, 4) is 27.9 Å². The van der Waals surface area contributed by atoms with Gasteiger partial charge in [-0.3, -0.25) is 0 Å². The quantitative estimate of drug-likeness (QED) is 0.165. The van der Waals surface area contributed by atoms with E-state index in [9.17, 15) is 0 Å². The van der Waals surface area contributed by atoms with Crippen LogP contribution in [0.3, 0.4) is 0 Å². The normalized spacial score (nSPS) is 9.90. The number of nitrogens with zero attached hydrogens (tertiary/aromatic N) is 2. The lowest BCUT2D eigenvalue weighted by atomic mass is 10.0. The van der Waals surface area contributed by atoms with Gasteiger partial charge < -0.3 is 9.13 Å². The highest BCUT2D eigenvalue weighted by Crippen LogP contribution is 2.38. The Hall–Kier alpha value is -5.86. The molecule has 0 saturated heterocycles. The van der Waals surface area contributed by atoms with Crippen molar-refractivity contribution in [1.29, 1.82) is 0 Å². The minimum absolute atomic E-state index is 1.10. The van der Waals surface area contributed by atoms with Crippen LogP contribution in [0.15, 0.2) is 158 Å². The van der Waals surface area contributed by atoms with Crippen LogP contribution in [0.1, 0.15) is 114 Å². The van der Waals surface area contributed by atoms with E-state index in [2.05, 4.69) is 181 Å². The minimum Gasteiger partial charge on any atom is -0.344 e. The molecule has 0 spiro atoms. The fourth-order valence-corrected chi connectivity index (χ4v) is 7.62. The molecular weight excluding hydrogens is 737 g/mol. The monoisotopic (exact) mass is 813 g/mol. The molecule has 1 aliphatic rings. The molecule has 10 rings (SSSR count). The maximum atomic E-state index is 2.38. The third kappa shape index (κ3) is 11.3. The van der Waals surface area contributed by atoms with Gasteiger partial charge in [0.15, 0.2) is 0 Å². The average Bonchev–Trinajstić information content (AvgIpc) is 4.00. The van der Waals surface area contributed by atoms with E-state index in [0.717, 1.165) is 6.42 Å². The summed E-state index contributed by atoms with van der Waals surface area (Å²) >= 11 is 0. The van der Waals surface area contributed by atoms with E-state index in [1.165, 1.54) is 88.2 Å². The summed E-state index contributed by atoms with van der Waals surface area (Å²) in [5, 5.41) is 5.18. The first-order valence-corrected chi connectivity index (χ1v) is 23.4. The third-order valence-corrected chi connectivity index (χ3v) is 9.89.